The fourth-order valence-corrected chi connectivity index (χ4v) is 1.73. The van der Waals surface area contributed by atoms with Crippen LogP contribution in [0.4, 0.5) is 0 Å². The predicted octanol–water partition coefficient (Wildman–Crippen LogP) is 0.237. The van der Waals surface area contributed by atoms with Crippen molar-refractivity contribution in [2.75, 3.05) is 12.8 Å². The lowest BCUT2D eigenvalue weighted by atomic mass is 10.2. The van der Waals surface area contributed by atoms with E-state index in [1.54, 1.807) is 11.8 Å². The summed E-state index contributed by atoms with van der Waals surface area (Å²) in [6.07, 6.45) is 3.03. The van der Waals surface area contributed by atoms with Crippen molar-refractivity contribution in [1.82, 2.24) is 10.6 Å². The molecule has 2 unspecified atom stereocenters. The number of nitrogens with one attached hydrogen (secondary N) is 2. The van der Waals surface area contributed by atoms with E-state index >= 15 is 0 Å². The molecule has 14 heavy (non-hydrogen) atoms. The fourth-order valence-electron chi connectivity index (χ4n) is 1.30. The van der Waals surface area contributed by atoms with Gasteiger partial charge in [-0.05, 0) is 12.7 Å². The zero-order chi connectivity index (χ0) is 10.6. The van der Waals surface area contributed by atoms with Crippen molar-refractivity contribution in [3.63, 3.8) is 0 Å². The van der Waals surface area contributed by atoms with Crippen molar-refractivity contribution in [3.8, 4) is 0 Å². The molecule has 0 saturated carbocycles. The largest absolute Gasteiger partial charge is 0.349 e. The van der Waals surface area contributed by atoms with Gasteiger partial charge in [0.05, 0.1) is 0 Å². The maximum Gasteiger partial charge on any atom is 0.269 e. The summed E-state index contributed by atoms with van der Waals surface area (Å²) in [5.41, 5.74) is 0. The summed E-state index contributed by atoms with van der Waals surface area (Å²) in [4.78, 5) is 10.1. The molecular formula is C7H14N4O2S. The Hall–Kier alpha value is -0.980. The normalized spacial score (nSPS) is 25.6. The monoisotopic (exact) mass is 218 g/mol. The molecule has 1 saturated heterocycles. The second-order valence-electron chi connectivity index (χ2n) is 3.19. The van der Waals surface area contributed by atoms with E-state index < -0.39 is 5.03 Å². The van der Waals surface area contributed by atoms with E-state index in [0.717, 1.165) is 6.42 Å². The summed E-state index contributed by atoms with van der Waals surface area (Å²) in [7, 11) is 0. The number of hydrogen-bond donors (Lipinski definition) is 2. The molecule has 0 radical (unpaired) electrons. The molecule has 1 fully saturated rings. The van der Waals surface area contributed by atoms with E-state index in [0.29, 0.717) is 11.8 Å². The molecule has 0 aliphatic carbocycles. The van der Waals surface area contributed by atoms with Crippen LogP contribution in [-0.2, 0) is 0 Å². The standard InChI is InChI=1S/C7H14N4O2S/c1-5(14-2)3-6-4-8-7(9-6)10-11(12)13/h5-6H,3-4H2,1-2H3,(H2,8,9,10). The van der Waals surface area contributed by atoms with Crippen molar-refractivity contribution in [3.05, 3.63) is 10.1 Å². The summed E-state index contributed by atoms with van der Waals surface area (Å²) in [6, 6.07) is 0.246. The van der Waals surface area contributed by atoms with Crippen LogP contribution < -0.4 is 10.6 Å². The molecule has 0 aromatic carbocycles. The Bertz CT molecular complexity index is 246. The molecule has 0 bridgehead atoms. The van der Waals surface area contributed by atoms with Gasteiger partial charge in [-0.1, -0.05) is 6.92 Å². The first-order valence-corrected chi connectivity index (χ1v) is 5.66. The van der Waals surface area contributed by atoms with E-state index in [4.69, 9.17) is 0 Å². The van der Waals surface area contributed by atoms with Crippen LogP contribution in [0.2, 0.25) is 0 Å². The Labute approximate surface area is 86.7 Å². The SMILES string of the molecule is CSC(C)CC1CNC(=N[N+](=O)[O-])N1. The van der Waals surface area contributed by atoms with Gasteiger partial charge in [-0.2, -0.15) is 11.8 Å². The van der Waals surface area contributed by atoms with E-state index in [9.17, 15) is 10.1 Å². The maximum atomic E-state index is 10.1. The average molecular weight is 218 g/mol. The Morgan fingerprint density at radius 2 is 2.57 bits per heavy atom. The Morgan fingerprint density at radius 3 is 3.14 bits per heavy atom. The summed E-state index contributed by atoms with van der Waals surface area (Å²) in [5, 5.41) is 18.9. The van der Waals surface area contributed by atoms with Crippen molar-refractivity contribution in [2.24, 2.45) is 5.10 Å². The van der Waals surface area contributed by atoms with Gasteiger partial charge in [0.1, 0.15) is 5.10 Å². The number of nitrogens with zero attached hydrogens (tertiary/aromatic N) is 2. The lowest BCUT2D eigenvalue weighted by Crippen LogP contribution is -2.30. The van der Waals surface area contributed by atoms with Crippen LogP contribution in [0.25, 0.3) is 0 Å². The van der Waals surface area contributed by atoms with Gasteiger partial charge in [0.2, 0.25) is 0 Å². The van der Waals surface area contributed by atoms with Crippen molar-refractivity contribution in [2.45, 2.75) is 24.6 Å². The van der Waals surface area contributed by atoms with E-state index in [1.165, 1.54) is 0 Å². The van der Waals surface area contributed by atoms with Crippen molar-refractivity contribution >= 4 is 17.7 Å². The van der Waals surface area contributed by atoms with Crippen LogP contribution >= 0.6 is 11.8 Å². The van der Waals surface area contributed by atoms with Crippen LogP contribution in [0.3, 0.4) is 0 Å². The average Bonchev–Trinajstić information content (AvgIpc) is 2.51. The Balaban J connectivity index is 2.37. The van der Waals surface area contributed by atoms with Gasteiger partial charge in [-0.25, -0.2) is 10.1 Å². The van der Waals surface area contributed by atoms with Crippen LogP contribution in [0.5, 0.6) is 0 Å². The maximum absolute atomic E-state index is 10.1. The number of guanidine groups is 1. The lowest BCUT2D eigenvalue weighted by Gasteiger charge is -2.12. The van der Waals surface area contributed by atoms with Gasteiger partial charge in [0, 0.05) is 17.8 Å². The van der Waals surface area contributed by atoms with E-state index in [-0.39, 0.29) is 12.0 Å². The van der Waals surface area contributed by atoms with Gasteiger partial charge < -0.3 is 10.6 Å². The second kappa shape index (κ2) is 5.04. The smallest absolute Gasteiger partial charge is 0.269 e. The summed E-state index contributed by atoms with van der Waals surface area (Å²) in [6.45, 7) is 2.84. The fraction of sp³-hybridized carbons (Fsp3) is 0.857. The van der Waals surface area contributed by atoms with Crippen molar-refractivity contribution < 1.29 is 5.03 Å². The highest BCUT2D eigenvalue weighted by atomic mass is 32.2. The van der Waals surface area contributed by atoms with E-state index in [2.05, 4.69) is 28.9 Å². The zero-order valence-corrected chi connectivity index (χ0v) is 9.00. The molecule has 2 N–H and O–H groups in total. The van der Waals surface area contributed by atoms with Crippen LogP contribution in [0.1, 0.15) is 13.3 Å². The van der Waals surface area contributed by atoms with Gasteiger partial charge in [0.15, 0.2) is 5.03 Å². The van der Waals surface area contributed by atoms with E-state index in [1.807, 2.05) is 0 Å². The molecule has 0 aromatic heterocycles. The first kappa shape index (κ1) is 11.1. The van der Waals surface area contributed by atoms with Gasteiger partial charge in [-0.3, -0.25) is 0 Å². The topological polar surface area (TPSA) is 79.6 Å². The Morgan fingerprint density at radius 1 is 1.86 bits per heavy atom. The second-order valence-corrected chi connectivity index (χ2v) is 4.47. The molecule has 6 nitrogen and oxygen atoms in total. The number of hydrazone groups is 1. The third-order valence-electron chi connectivity index (χ3n) is 2.06. The molecule has 7 heteroatoms. The highest BCUT2D eigenvalue weighted by Crippen LogP contribution is 2.13. The number of rotatable bonds is 4. The van der Waals surface area contributed by atoms with Gasteiger partial charge in [0.25, 0.3) is 5.96 Å². The molecular weight excluding hydrogens is 204 g/mol. The molecule has 2 atom stereocenters. The summed E-state index contributed by atoms with van der Waals surface area (Å²) < 4.78 is 0. The zero-order valence-electron chi connectivity index (χ0n) is 8.19. The van der Waals surface area contributed by atoms with Crippen LogP contribution in [-0.4, -0.2) is 35.1 Å². The van der Waals surface area contributed by atoms with Gasteiger partial charge in [-0.15, -0.1) is 0 Å². The third-order valence-corrected chi connectivity index (χ3v) is 3.05. The number of thioether (sulfide) groups is 1. The molecule has 0 amide bonds. The highest BCUT2D eigenvalue weighted by Gasteiger charge is 2.22. The predicted molar refractivity (Wildman–Crippen MR) is 56.9 cm³/mol. The van der Waals surface area contributed by atoms with Crippen molar-refractivity contribution in [1.29, 1.82) is 0 Å². The van der Waals surface area contributed by atoms with Crippen LogP contribution in [0.15, 0.2) is 5.10 Å². The molecule has 0 aromatic rings. The van der Waals surface area contributed by atoms with Gasteiger partial charge >= 0.3 is 0 Å². The quantitative estimate of drug-likeness (QED) is 0.522. The minimum absolute atomic E-state index is 0.246. The first-order chi connectivity index (χ1) is 6.61. The number of hydrogen-bond acceptors (Lipinski definition) is 3. The Kier molecular flexibility index (Phi) is 3.99. The summed E-state index contributed by atoms with van der Waals surface area (Å²) in [5.74, 6) is 0.272. The molecule has 80 valence electrons. The molecule has 1 aliphatic rings. The molecule has 1 rings (SSSR count). The molecule has 1 heterocycles. The number of nitro groups is 1. The first-order valence-electron chi connectivity index (χ1n) is 4.38. The lowest BCUT2D eigenvalue weighted by molar-refractivity contribution is -0.485. The minimum Gasteiger partial charge on any atom is -0.349 e. The summed E-state index contributed by atoms with van der Waals surface area (Å²) >= 11 is 1.79. The molecule has 1 aliphatic heterocycles. The third kappa shape index (κ3) is 3.41. The van der Waals surface area contributed by atoms with Crippen LogP contribution in [0, 0.1) is 10.1 Å². The minimum atomic E-state index is -0.699. The molecule has 0 spiro atoms. The highest BCUT2D eigenvalue weighted by molar-refractivity contribution is 7.99.